The highest BCUT2D eigenvalue weighted by molar-refractivity contribution is 7.47. The quantitative estimate of drug-likeness (QED) is 0.0306. The topological polar surface area (TPSA) is 134 Å². The van der Waals surface area contributed by atoms with Gasteiger partial charge in [-0.05, 0) is 57.8 Å². The third-order valence-corrected chi connectivity index (χ3v) is 8.29. The van der Waals surface area contributed by atoms with Crippen molar-refractivity contribution in [3.63, 3.8) is 0 Å². The smallest absolute Gasteiger partial charge is 0.462 e. The van der Waals surface area contributed by atoms with E-state index in [4.69, 9.17) is 24.3 Å². The summed E-state index contributed by atoms with van der Waals surface area (Å²) in [4.78, 5) is 34.6. The van der Waals surface area contributed by atoms with E-state index in [9.17, 15) is 19.0 Å². The number of hydrogen-bond acceptors (Lipinski definition) is 8. The summed E-state index contributed by atoms with van der Waals surface area (Å²) in [5, 5.41) is 0. The van der Waals surface area contributed by atoms with E-state index in [1.165, 1.54) is 44.9 Å². The Hall–Kier alpha value is -1.51. The molecule has 0 amide bonds. The van der Waals surface area contributed by atoms with Crippen LogP contribution in [0.5, 0.6) is 0 Å². The summed E-state index contributed by atoms with van der Waals surface area (Å²) in [6, 6.07) is 0. The lowest BCUT2D eigenvalue weighted by Crippen LogP contribution is -2.29. The van der Waals surface area contributed by atoms with Gasteiger partial charge in [0.15, 0.2) is 6.10 Å². The molecule has 0 radical (unpaired) electrons. The van der Waals surface area contributed by atoms with E-state index in [0.717, 1.165) is 77.0 Å². The summed E-state index contributed by atoms with van der Waals surface area (Å²) < 4.78 is 32.5. The standard InChI is InChI=1S/C35H66NO8P/c1-3-5-7-9-11-13-15-16-18-20-22-24-26-28-35(38)44-33(32-43-45(39,40)42-30-29-36)31-41-34(37)27-25-23-21-19-17-14-12-10-8-6-4-2/h10,12-13,15,33H,3-9,11,14,16-32,36H2,1-2H3,(H,39,40)/b12-10-,15-13-. The zero-order valence-electron chi connectivity index (χ0n) is 28.6. The van der Waals surface area contributed by atoms with E-state index in [1.54, 1.807) is 0 Å². The molecule has 0 aliphatic carbocycles. The summed E-state index contributed by atoms with van der Waals surface area (Å²) in [6.07, 6.45) is 30.6. The third kappa shape index (κ3) is 32.2. The predicted octanol–water partition coefficient (Wildman–Crippen LogP) is 9.27. The van der Waals surface area contributed by atoms with Gasteiger partial charge < -0.3 is 20.1 Å². The van der Waals surface area contributed by atoms with Gasteiger partial charge in [-0.25, -0.2) is 4.57 Å². The Balaban J connectivity index is 4.29. The molecule has 0 aliphatic heterocycles. The van der Waals surface area contributed by atoms with Crippen molar-refractivity contribution in [3.05, 3.63) is 24.3 Å². The number of rotatable bonds is 33. The van der Waals surface area contributed by atoms with E-state index in [1.807, 2.05) is 0 Å². The van der Waals surface area contributed by atoms with Crippen molar-refractivity contribution in [3.8, 4) is 0 Å². The maximum atomic E-state index is 12.5. The molecular formula is C35H66NO8P. The average Bonchev–Trinajstić information content (AvgIpc) is 3.02. The zero-order valence-corrected chi connectivity index (χ0v) is 29.5. The molecule has 10 heteroatoms. The number of phosphoric ester groups is 1. The molecule has 0 aromatic heterocycles. The second kappa shape index (κ2) is 32.4. The summed E-state index contributed by atoms with van der Waals surface area (Å²) >= 11 is 0. The number of unbranched alkanes of at least 4 members (excludes halogenated alkanes) is 16. The van der Waals surface area contributed by atoms with Gasteiger partial charge in [0, 0.05) is 19.4 Å². The summed E-state index contributed by atoms with van der Waals surface area (Å²) in [6.45, 7) is 3.63. The van der Waals surface area contributed by atoms with Gasteiger partial charge in [-0.15, -0.1) is 0 Å². The lowest BCUT2D eigenvalue weighted by atomic mass is 10.1. The molecule has 9 nitrogen and oxygen atoms in total. The van der Waals surface area contributed by atoms with Gasteiger partial charge >= 0.3 is 19.8 Å². The summed E-state index contributed by atoms with van der Waals surface area (Å²) in [7, 11) is -4.37. The number of carbonyl (C=O) groups is 2. The molecule has 0 saturated carbocycles. The van der Waals surface area contributed by atoms with Crippen LogP contribution in [-0.2, 0) is 32.7 Å². The first kappa shape index (κ1) is 43.5. The second-order valence-corrected chi connectivity index (χ2v) is 13.2. The minimum Gasteiger partial charge on any atom is -0.462 e. The van der Waals surface area contributed by atoms with Gasteiger partial charge in [-0.3, -0.25) is 18.6 Å². The molecule has 0 heterocycles. The maximum Gasteiger partial charge on any atom is 0.472 e. The van der Waals surface area contributed by atoms with E-state index >= 15 is 0 Å². The highest BCUT2D eigenvalue weighted by Crippen LogP contribution is 2.43. The van der Waals surface area contributed by atoms with Crippen molar-refractivity contribution in [2.45, 2.75) is 161 Å². The molecule has 0 saturated heterocycles. The highest BCUT2D eigenvalue weighted by Gasteiger charge is 2.25. The minimum atomic E-state index is -4.37. The largest absolute Gasteiger partial charge is 0.472 e. The molecule has 3 N–H and O–H groups in total. The molecule has 0 fully saturated rings. The van der Waals surface area contributed by atoms with Crippen LogP contribution in [0.2, 0.25) is 0 Å². The van der Waals surface area contributed by atoms with E-state index in [0.29, 0.717) is 6.42 Å². The monoisotopic (exact) mass is 659 g/mol. The van der Waals surface area contributed by atoms with Crippen LogP contribution in [0.3, 0.4) is 0 Å². The van der Waals surface area contributed by atoms with Crippen LogP contribution in [0, 0.1) is 0 Å². The van der Waals surface area contributed by atoms with Crippen molar-refractivity contribution in [1.82, 2.24) is 0 Å². The minimum absolute atomic E-state index is 0.0514. The first-order valence-electron chi connectivity index (χ1n) is 17.8. The van der Waals surface area contributed by atoms with Gasteiger partial charge in [0.05, 0.1) is 13.2 Å². The average molecular weight is 660 g/mol. The summed E-state index contributed by atoms with van der Waals surface area (Å²) in [5.74, 6) is -0.852. The molecule has 0 bridgehead atoms. The van der Waals surface area contributed by atoms with Crippen molar-refractivity contribution < 1.29 is 37.6 Å². The van der Waals surface area contributed by atoms with Crippen LogP contribution in [0.1, 0.15) is 155 Å². The fraction of sp³-hybridized carbons (Fsp3) is 0.829. The van der Waals surface area contributed by atoms with Crippen molar-refractivity contribution in [1.29, 1.82) is 0 Å². The molecule has 45 heavy (non-hydrogen) atoms. The molecule has 264 valence electrons. The fourth-order valence-electron chi connectivity index (χ4n) is 4.61. The number of phosphoric acid groups is 1. The molecule has 0 rings (SSSR count). The number of allylic oxidation sites excluding steroid dienone is 4. The molecule has 0 aromatic rings. The number of nitrogens with two attached hydrogens (primary N) is 1. The Labute approximate surface area is 274 Å². The molecular weight excluding hydrogens is 593 g/mol. The van der Waals surface area contributed by atoms with E-state index < -0.39 is 32.5 Å². The van der Waals surface area contributed by atoms with Gasteiger partial charge in [0.1, 0.15) is 6.61 Å². The SMILES string of the molecule is CCCC/C=C\CCCCCCCC(=O)OCC(COP(=O)(O)OCCN)OC(=O)CCCCCCC/C=C\CCCCCC. The first-order valence-corrected chi connectivity index (χ1v) is 19.3. The Morgan fingerprint density at radius 2 is 1.11 bits per heavy atom. The van der Waals surface area contributed by atoms with Gasteiger partial charge in [-0.1, -0.05) is 109 Å². The van der Waals surface area contributed by atoms with E-state index in [-0.39, 0.29) is 32.6 Å². The second-order valence-electron chi connectivity index (χ2n) is 11.7. The van der Waals surface area contributed by atoms with Crippen LogP contribution < -0.4 is 5.73 Å². The predicted molar refractivity (Wildman–Crippen MR) is 183 cm³/mol. The van der Waals surface area contributed by atoms with Crippen molar-refractivity contribution >= 4 is 19.8 Å². The number of ether oxygens (including phenoxy) is 2. The first-order chi connectivity index (χ1) is 21.8. The molecule has 0 aliphatic rings. The lowest BCUT2D eigenvalue weighted by molar-refractivity contribution is -0.161. The van der Waals surface area contributed by atoms with E-state index in [2.05, 4.69) is 38.2 Å². The van der Waals surface area contributed by atoms with Crippen LogP contribution in [0.4, 0.5) is 0 Å². The van der Waals surface area contributed by atoms with Gasteiger partial charge in [-0.2, -0.15) is 0 Å². The Kier molecular flexibility index (Phi) is 31.3. The molecule has 0 spiro atoms. The maximum absolute atomic E-state index is 12.5. The fourth-order valence-corrected chi connectivity index (χ4v) is 5.37. The third-order valence-electron chi connectivity index (χ3n) is 7.31. The molecule has 2 atom stereocenters. The van der Waals surface area contributed by atoms with Gasteiger partial charge in [0.25, 0.3) is 0 Å². The lowest BCUT2D eigenvalue weighted by Gasteiger charge is -2.19. The zero-order chi connectivity index (χ0) is 33.3. The van der Waals surface area contributed by atoms with Gasteiger partial charge in [0.2, 0.25) is 0 Å². The summed E-state index contributed by atoms with van der Waals surface area (Å²) in [5.41, 5.74) is 5.32. The van der Waals surface area contributed by atoms with Crippen LogP contribution >= 0.6 is 7.82 Å². The van der Waals surface area contributed by atoms with Crippen molar-refractivity contribution in [2.75, 3.05) is 26.4 Å². The Morgan fingerprint density at radius 1 is 0.644 bits per heavy atom. The molecule has 2 unspecified atom stereocenters. The van der Waals surface area contributed by atoms with Crippen LogP contribution in [-0.4, -0.2) is 49.3 Å². The Morgan fingerprint density at radius 3 is 1.64 bits per heavy atom. The Bertz CT molecular complexity index is 805. The number of hydrogen-bond donors (Lipinski definition) is 2. The normalized spacial score (nSPS) is 13.8. The van der Waals surface area contributed by atoms with Crippen molar-refractivity contribution in [2.24, 2.45) is 5.73 Å². The van der Waals surface area contributed by atoms with Crippen LogP contribution in [0.15, 0.2) is 24.3 Å². The van der Waals surface area contributed by atoms with Crippen LogP contribution in [0.25, 0.3) is 0 Å². The highest BCUT2D eigenvalue weighted by atomic mass is 31.2. The number of esters is 2. The number of carbonyl (C=O) groups excluding carboxylic acids is 2. The molecule has 0 aromatic carbocycles.